The lowest BCUT2D eigenvalue weighted by Crippen LogP contribution is -2.16. The van der Waals surface area contributed by atoms with Crippen LogP contribution >= 0.6 is 0 Å². The predicted octanol–water partition coefficient (Wildman–Crippen LogP) is 2.73. The lowest BCUT2D eigenvalue weighted by Gasteiger charge is -2.08. The van der Waals surface area contributed by atoms with Gasteiger partial charge in [0.05, 0.1) is 28.2 Å². The summed E-state index contributed by atoms with van der Waals surface area (Å²) in [4.78, 5) is 22.9. The number of nitrogens with zero attached hydrogens (tertiary/aromatic N) is 3. The Kier molecular flexibility index (Phi) is 4.95. The molecular weight excluding hydrogens is 298 g/mol. The summed E-state index contributed by atoms with van der Waals surface area (Å²) >= 11 is 0. The van der Waals surface area contributed by atoms with Crippen LogP contribution in [0.5, 0.6) is 0 Å². The summed E-state index contributed by atoms with van der Waals surface area (Å²) in [5.74, 6) is -0.618. The van der Waals surface area contributed by atoms with E-state index in [1.807, 2.05) is 6.92 Å². The molecule has 0 aliphatic heterocycles. The molecule has 0 atom stereocenters. The van der Waals surface area contributed by atoms with Gasteiger partial charge >= 0.3 is 0 Å². The minimum Gasteiger partial charge on any atom is -0.398 e. The maximum absolute atomic E-state index is 12.4. The number of benzene rings is 1. The van der Waals surface area contributed by atoms with Gasteiger partial charge in [0.2, 0.25) is 0 Å². The fraction of sp³-hybridized carbons (Fsp3) is 0.333. The average molecular weight is 317 g/mol. The number of nitrogen functional groups attached to an aromatic ring is 1. The van der Waals surface area contributed by atoms with Crippen molar-refractivity contribution in [3.63, 3.8) is 0 Å². The van der Waals surface area contributed by atoms with Gasteiger partial charge in [0, 0.05) is 12.6 Å². The molecule has 0 saturated heterocycles. The molecule has 1 amide bonds. The molecule has 0 radical (unpaired) electrons. The Hall–Kier alpha value is -2.90. The number of amides is 1. The highest BCUT2D eigenvalue weighted by molar-refractivity contribution is 6.10. The second-order valence-electron chi connectivity index (χ2n) is 5.17. The Bertz CT molecular complexity index is 739. The molecule has 23 heavy (non-hydrogen) atoms. The van der Waals surface area contributed by atoms with Crippen LogP contribution in [0.25, 0.3) is 0 Å². The highest BCUT2D eigenvalue weighted by Crippen LogP contribution is 2.26. The quantitative estimate of drug-likeness (QED) is 0.482. The van der Waals surface area contributed by atoms with Gasteiger partial charge in [-0.05, 0) is 19.4 Å². The molecule has 1 aromatic heterocycles. The van der Waals surface area contributed by atoms with Gasteiger partial charge < -0.3 is 11.1 Å². The zero-order valence-corrected chi connectivity index (χ0v) is 13.1. The molecule has 2 rings (SSSR count). The molecular formula is C15H19N5O3. The van der Waals surface area contributed by atoms with E-state index in [2.05, 4.69) is 17.3 Å². The van der Waals surface area contributed by atoms with E-state index in [0.29, 0.717) is 5.69 Å². The lowest BCUT2D eigenvalue weighted by atomic mass is 10.1. The van der Waals surface area contributed by atoms with E-state index < -0.39 is 10.8 Å². The second-order valence-corrected chi connectivity index (χ2v) is 5.17. The first-order valence-corrected chi connectivity index (χ1v) is 7.32. The average Bonchev–Trinajstić information content (AvgIpc) is 2.85. The van der Waals surface area contributed by atoms with Crippen molar-refractivity contribution in [2.75, 3.05) is 11.1 Å². The molecule has 8 nitrogen and oxygen atoms in total. The number of carbonyl (C=O) groups is 1. The molecule has 2 aromatic rings. The summed E-state index contributed by atoms with van der Waals surface area (Å²) in [6, 6.07) is 4.15. The molecule has 0 bridgehead atoms. The molecule has 122 valence electrons. The molecule has 0 saturated carbocycles. The van der Waals surface area contributed by atoms with Crippen molar-refractivity contribution in [1.82, 2.24) is 9.78 Å². The Balaban J connectivity index is 2.27. The zero-order chi connectivity index (χ0) is 17.0. The van der Waals surface area contributed by atoms with Gasteiger partial charge in [0.1, 0.15) is 5.56 Å². The van der Waals surface area contributed by atoms with Crippen molar-refractivity contribution in [1.29, 1.82) is 0 Å². The van der Waals surface area contributed by atoms with Crippen LogP contribution in [0.2, 0.25) is 0 Å². The van der Waals surface area contributed by atoms with Gasteiger partial charge in [0.15, 0.2) is 0 Å². The van der Waals surface area contributed by atoms with Crippen LogP contribution in [-0.4, -0.2) is 20.6 Å². The molecule has 1 aromatic carbocycles. The molecule has 0 aliphatic carbocycles. The van der Waals surface area contributed by atoms with Crippen molar-refractivity contribution in [3.8, 4) is 0 Å². The standard InChI is InChI=1S/C15H19N5O3/c1-3-4-8-19-10(2)12(9-17-19)18-15(21)14-11(16)6-5-7-13(14)20(22)23/h5-7,9H,3-4,8,16H2,1-2H3,(H,18,21). The SMILES string of the molecule is CCCCn1ncc(NC(=O)c2c(N)cccc2[N+](=O)[O-])c1C. The summed E-state index contributed by atoms with van der Waals surface area (Å²) in [5, 5.41) is 17.9. The van der Waals surface area contributed by atoms with E-state index in [4.69, 9.17) is 5.73 Å². The highest BCUT2D eigenvalue weighted by Gasteiger charge is 2.23. The van der Waals surface area contributed by atoms with Gasteiger partial charge in [-0.1, -0.05) is 19.4 Å². The largest absolute Gasteiger partial charge is 0.398 e. The van der Waals surface area contributed by atoms with E-state index in [1.54, 1.807) is 4.68 Å². The Morgan fingerprint density at radius 3 is 2.87 bits per heavy atom. The molecule has 0 unspecified atom stereocenters. The van der Waals surface area contributed by atoms with Crippen molar-refractivity contribution >= 4 is 23.0 Å². The topological polar surface area (TPSA) is 116 Å². The number of anilines is 2. The third-order valence-electron chi connectivity index (χ3n) is 3.57. The first-order chi connectivity index (χ1) is 11.0. The van der Waals surface area contributed by atoms with Crippen LogP contribution in [0, 0.1) is 17.0 Å². The number of aromatic nitrogens is 2. The smallest absolute Gasteiger partial charge is 0.284 e. The Morgan fingerprint density at radius 1 is 1.48 bits per heavy atom. The van der Waals surface area contributed by atoms with Crippen LogP contribution in [0.4, 0.5) is 17.1 Å². The number of hydrogen-bond donors (Lipinski definition) is 2. The number of nitrogens with two attached hydrogens (primary N) is 1. The molecule has 3 N–H and O–H groups in total. The zero-order valence-electron chi connectivity index (χ0n) is 13.1. The van der Waals surface area contributed by atoms with E-state index in [-0.39, 0.29) is 16.9 Å². The van der Waals surface area contributed by atoms with Crippen LogP contribution in [-0.2, 0) is 6.54 Å². The maximum Gasteiger partial charge on any atom is 0.284 e. The van der Waals surface area contributed by atoms with Crippen LogP contribution in [0.15, 0.2) is 24.4 Å². The van der Waals surface area contributed by atoms with Crippen LogP contribution in [0.3, 0.4) is 0 Å². The van der Waals surface area contributed by atoms with Crippen molar-refractivity contribution in [3.05, 3.63) is 45.8 Å². The van der Waals surface area contributed by atoms with Gasteiger partial charge in [-0.25, -0.2) is 0 Å². The number of aryl methyl sites for hydroxylation is 1. The van der Waals surface area contributed by atoms with Gasteiger partial charge in [0.25, 0.3) is 11.6 Å². The Labute approximate surface area is 133 Å². The summed E-state index contributed by atoms with van der Waals surface area (Å²) in [6.45, 7) is 4.67. The third-order valence-corrected chi connectivity index (χ3v) is 3.57. The Morgan fingerprint density at radius 2 is 2.22 bits per heavy atom. The minimum atomic E-state index is -0.622. The van der Waals surface area contributed by atoms with Crippen LogP contribution < -0.4 is 11.1 Å². The number of unbranched alkanes of at least 4 members (excludes halogenated alkanes) is 1. The van der Waals surface area contributed by atoms with Crippen molar-refractivity contribution in [2.45, 2.75) is 33.2 Å². The normalized spacial score (nSPS) is 10.5. The number of carbonyl (C=O) groups excluding carboxylic acids is 1. The molecule has 1 heterocycles. The minimum absolute atomic E-state index is 0.0627. The number of nitro groups is 1. The highest BCUT2D eigenvalue weighted by atomic mass is 16.6. The summed E-state index contributed by atoms with van der Waals surface area (Å²) in [7, 11) is 0. The van der Waals surface area contributed by atoms with Crippen molar-refractivity contribution < 1.29 is 9.72 Å². The van der Waals surface area contributed by atoms with Gasteiger partial charge in [-0.15, -0.1) is 0 Å². The van der Waals surface area contributed by atoms with E-state index in [0.717, 1.165) is 25.1 Å². The molecule has 8 heteroatoms. The number of hydrogen-bond acceptors (Lipinski definition) is 5. The van der Waals surface area contributed by atoms with E-state index >= 15 is 0 Å². The monoisotopic (exact) mass is 317 g/mol. The number of nitro benzene ring substituents is 1. The number of nitrogens with one attached hydrogen (secondary N) is 1. The van der Waals surface area contributed by atoms with E-state index in [9.17, 15) is 14.9 Å². The molecule has 0 fully saturated rings. The number of rotatable bonds is 6. The van der Waals surface area contributed by atoms with Crippen molar-refractivity contribution in [2.24, 2.45) is 0 Å². The lowest BCUT2D eigenvalue weighted by molar-refractivity contribution is -0.385. The molecule has 0 aliphatic rings. The predicted molar refractivity (Wildman–Crippen MR) is 87.3 cm³/mol. The summed E-state index contributed by atoms with van der Waals surface area (Å²) in [5.41, 5.74) is 6.65. The first-order valence-electron chi connectivity index (χ1n) is 7.32. The summed E-state index contributed by atoms with van der Waals surface area (Å²) < 4.78 is 1.79. The molecule has 0 spiro atoms. The van der Waals surface area contributed by atoms with Crippen LogP contribution in [0.1, 0.15) is 35.8 Å². The van der Waals surface area contributed by atoms with Gasteiger partial charge in [-0.3, -0.25) is 19.6 Å². The fourth-order valence-electron chi connectivity index (χ4n) is 2.24. The van der Waals surface area contributed by atoms with E-state index in [1.165, 1.54) is 24.4 Å². The second kappa shape index (κ2) is 6.91. The first kappa shape index (κ1) is 16.5. The third kappa shape index (κ3) is 3.47. The maximum atomic E-state index is 12.4. The van der Waals surface area contributed by atoms with Gasteiger partial charge in [-0.2, -0.15) is 5.10 Å². The summed E-state index contributed by atoms with van der Waals surface area (Å²) in [6.07, 6.45) is 3.55. The fourth-order valence-corrected chi connectivity index (χ4v) is 2.24.